The number of hydrogen-bond acceptors (Lipinski definition) is 6. The Balaban J connectivity index is 1.49. The van der Waals surface area contributed by atoms with Gasteiger partial charge in [-0.1, -0.05) is 23.8 Å². The lowest BCUT2D eigenvalue weighted by molar-refractivity contribution is 0.376. The van der Waals surface area contributed by atoms with Crippen LogP contribution in [0.5, 0.6) is 0 Å². The summed E-state index contributed by atoms with van der Waals surface area (Å²) in [6.45, 7) is 4.58. The fourth-order valence-corrected chi connectivity index (χ4v) is 5.06. The molecule has 0 bridgehead atoms. The van der Waals surface area contributed by atoms with Gasteiger partial charge in [0, 0.05) is 43.6 Å². The number of aryl methyl sites for hydroxylation is 2. The number of rotatable bonds is 5. The van der Waals surface area contributed by atoms with Gasteiger partial charge in [0.05, 0.1) is 0 Å². The molecular weight excluding hydrogens is 436 g/mol. The van der Waals surface area contributed by atoms with E-state index in [-0.39, 0.29) is 13.1 Å². The first-order valence-electron chi connectivity index (χ1n) is 10.1. The summed E-state index contributed by atoms with van der Waals surface area (Å²) in [5.74, 6) is -1.10. The van der Waals surface area contributed by atoms with Gasteiger partial charge in [0.2, 0.25) is 16.0 Å². The molecule has 1 aliphatic rings. The zero-order valence-corrected chi connectivity index (χ0v) is 18.5. The van der Waals surface area contributed by atoms with Crippen molar-refractivity contribution < 1.29 is 17.2 Å². The fourth-order valence-electron chi connectivity index (χ4n) is 3.53. The Morgan fingerprint density at radius 3 is 2.16 bits per heavy atom. The van der Waals surface area contributed by atoms with Crippen molar-refractivity contribution >= 4 is 27.5 Å². The van der Waals surface area contributed by atoms with Gasteiger partial charge < -0.3 is 10.2 Å². The average Bonchev–Trinajstić information content (AvgIpc) is 2.75. The number of piperazine rings is 1. The number of benzene rings is 2. The molecule has 1 aliphatic heterocycles. The van der Waals surface area contributed by atoms with Crippen molar-refractivity contribution in [3.05, 3.63) is 71.4 Å². The standard InChI is InChI=1S/C22H23F2N5O2S/c1-15-6-8-17(9-7-15)26-20-14-16(2)25-22(27-20)28-10-12-29(13-11-28)32(30,31)21-18(23)4-3-5-19(21)24/h3-9,14H,10-13H2,1-2H3,(H,25,26,27). The van der Waals surface area contributed by atoms with Gasteiger partial charge in [-0.25, -0.2) is 22.2 Å². The highest BCUT2D eigenvalue weighted by molar-refractivity contribution is 7.89. The Bertz CT molecular complexity index is 1210. The van der Waals surface area contributed by atoms with E-state index in [2.05, 4.69) is 15.3 Å². The van der Waals surface area contributed by atoms with E-state index < -0.39 is 26.6 Å². The molecule has 0 spiro atoms. The van der Waals surface area contributed by atoms with Gasteiger partial charge in [-0.05, 0) is 38.1 Å². The second kappa shape index (κ2) is 8.79. The minimum absolute atomic E-state index is 0.0636. The lowest BCUT2D eigenvalue weighted by Gasteiger charge is -2.34. The van der Waals surface area contributed by atoms with Gasteiger partial charge in [-0.3, -0.25) is 0 Å². The second-order valence-corrected chi connectivity index (χ2v) is 9.50. The number of sulfonamides is 1. The van der Waals surface area contributed by atoms with Gasteiger partial charge >= 0.3 is 0 Å². The molecule has 2 aromatic carbocycles. The van der Waals surface area contributed by atoms with E-state index >= 15 is 0 Å². The molecule has 0 amide bonds. The predicted octanol–water partition coefficient (Wildman–Crippen LogP) is 3.63. The molecule has 0 radical (unpaired) electrons. The average molecular weight is 460 g/mol. The van der Waals surface area contributed by atoms with Crippen molar-refractivity contribution in [2.45, 2.75) is 18.7 Å². The summed E-state index contributed by atoms with van der Waals surface area (Å²) in [6, 6.07) is 12.7. The maximum Gasteiger partial charge on any atom is 0.249 e. The first-order valence-corrected chi connectivity index (χ1v) is 11.6. The normalized spacial score (nSPS) is 15.1. The predicted molar refractivity (Wildman–Crippen MR) is 119 cm³/mol. The van der Waals surface area contributed by atoms with Crippen LogP contribution < -0.4 is 10.2 Å². The largest absolute Gasteiger partial charge is 0.340 e. The smallest absolute Gasteiger partial charge is 0.249 e. The van der Waals surface area contributed by atoms with Gasteiger partial charge in [0.25, 0.3) is 0 Å². The lowest BCUT2D eigenvalue weighted by Crippen LogP contribution is -2.49. The van der Waals surface area contributed by atoms with Gasteiger partial charge in [-0.2, -0.15) is 9.29 Å². The van der Waals surface area contributed by atoms with E-state index in [0.717, 1.165) is 39.4 Å². The molecule has 0 aliphatic carbocycles. The van der Waals surface area contributed by atoms with E-state index in [1.54, 1.807) is 0 Å². The molecule has 10 heteroatoms. The summed E-state index contributed by atoms with van der Waals surface area (Å²) in [5.41, 5.74) is 2.80. The van der Waals surface area contributed by atoms with Gasteiger partial charge in [0.15, 0.2) is 4.90 Å². The van der Waals surface area contributed by atoms with Crippen molar-refractivity contribution in [1.82, 2.24) is 14.3 Å². The number of hydrogen-bond donors (Lipinski definition) is 1. The maximum absolute atomic E-state index is 14.0. The van der Waals surface area contributed by atoms with E-state index in [4.69, 9.17) is 0 Å². The van der Waals surface area contributed by atoms with Gasteiger partial charge in [0.1, 0.15) is 17.5 Å². The van der Waals surface area contributed by atoms with E-state index in [1.165, 1.54) is 0 Å². The first-order chi connectivity index (χ1) is 15.2. The number of nitrogens with zero attached hydrogens (tertiary/aromatic N) is 4. The lowest BCUT2D eigenvalue weighted by atomic mass is 10.2. The molecule has 1 fully saturated rings. The molecule has 1 aromatic heterocycles. The SMILES string of the molecule is Cc1ccc(Nc2cc(C)nc(N3CCN(S(=O)(=O)c4c(F)cccc4F)CC3)n2)cc1. The summed E-state index contributed by atoms with van der Waals surface area (Å²) in [5, 5.41) is 3.25. The minimum atomic E-state index is -4.29. The third kappa shape index (κ3) is 4.56. The van der Waals surface area contributed by atoms with Gasteiger partial charge in [-0.15, -0.1) is 0 Å². The Hall–Kier alpha value is -3.11. The molecule has 0 atom stereocenters. The van der Waals surface area contributed by atoms with Crippen LogP contribution in [-0.4, -0.2) is 48.9 Å². The zero-order chi connectivity index (χ0) is 22.9. The fraction of sp³-hybridized carbons (Fsp3) is 0.273. The van der Waals surface area contributed by atoms with Crippen molar-refractivity contribution in [3.63, 3.8) is 0 Å². The van der Waals surface area contributed by atoms with Crippen molar-refractivity contribution in [2.24, 2.45) is 0 Å². The van der Waals surface area contributed by atoms with Crippen LogP contribution in [-0.2, 0) is 10.0 Å². The van der Waals surface area contributed by atoms with Crippen LogP contribution in [0, 0.1) is 25.5 Å². The van der Waals surface area contributed by atoms with Crippen LogP contribution in [0.2, 0.25) is 0 Å². The molecule has 168 valence electrons. The number of aromatic nitrogens is 2. The minimum Gasteiger partial charge on any atom is -0.340 e. The molecule has 1 saturated heterocycles. The monoisotopic (exact) mass is 459 g/mol. The number of anilines is 3. The van der Waals surface area contributed by atoms with Crippen LogP contribution in [0.4, 0.5) is 26.2 Å². The summed E-state index contributed by atoms with van der Waals surface area (Å²) in [6.07, 6.45) is 0. The van der Waals surface area contributed by atoms with E-state index in [0.29, 0.717) is 24.9 Å². The highest BCUT2D eigenvalue weighted by Crippen LogP contribution is 2.25. The molecule has 3 aromatic rings. The Labute approximate surface area is 185 Å². The van der Waals surface area contributed by atoms with Crippen LogP contribution in [0.25, 0.3) is 0 Å². The maximum atomic E-state index is 14.0. The van der Waals surface area contributed by atoms with Crippen molar-refractivity contribution in [3.8, 4) is 0 Å². The third-order valence-corrected chi connectivity index (χ3v) is 7.16. The Morgan fingerprint density at radius 2 is 1.53 bits per heavy atom. The Kier molecular flexibility index (Phi) is 6.07. The van der Waals surface area contributed by atoms with Crippen LogP contribution in [0.3, 0.4) is 0 Å². The molecule has 7 nitrogen and oxygen atoms in total. The summed E-state index contributed by atoms with van der Waals surface area (Å²) >= 11 is 0. The van der Waals surface area contributed by atoms with E-state index in [1.807, 2.05) is 49.1 Å². The summed E-state index contributed by atoms with van der Waals surface area (Å²) < 4.78 is 54.8. The van der Waals surface area contributed by atoms with Crippen molar-refractivity contribution in [1.29, 1.82) is 0 Å². The third-order valence-electron chi connectivity index (χ3n) is 5.20. The van der Waals surface area contributed by atoms with Crippen LogP contribution in [0.1, 0.15) is 11.3 Å². The zero-order valence-electron chi connectivity index (χ0n) is 17.7. The Morgan fingerprint density at radius 1 is 0.906 bits per heavy atom. The molecule has 0 saturated carbocycles. The topological polar surface area (TPSA) is 78.4 Å². The number of halogens is 2. The quantitative estimate of drug-likeness (QED) is 0.628. The highest BCUT2D eigenvalue weighted by Gasteiger charge is 2.33. The molecule has 1 N–H and O–H groups in total. The van der Waals surface area contributed by atoms with Crippen molar-refractivity contribution in [2.75, 3.05) is 36.4 Å². The summed E-state index contributed by atoms with van der Waals surface area (Å²) in [7, 11) is -4.29. The van der Waals surface area contributed by atoms with E-state index in [9.17, 15) is 17.2 Å². The molecule has 4 rings (SSSR count). The molecule has 0 unspecified atom stereocenters. The van der Waals surface area contributed by atoms with Crippen LogP contribution >= 0.6 is 0 Å². The van der Waals surface area contributed by atoms with Crippen LogP contribution in [0.15, 0.2) is 53.4 Å². The molecular formula is C22H23F2N5O2S. The second-order valence-electron chi connectivity index (χ2n) is 7.63. The first kappa shape index (κ1) is 22.1. The number of nitrogens with one attached hydrogen (secondary N) is 1. The molecule has 2 heterocycles. The molecule has 32 heavy (non-hydrogen) atoms. The summed E-state index contributed by atoms with van der Waals surface area (Å²) in [4.78, 5) is 9.98. The highest BCUT2D eigenvalue weighted by atomic mass is 32.2.